The van der Waals surface area contributed by atoms with E-state index in [1.807, 2.05) is 6.92 Å². The molecule has 0 saturated heterocycles. The quantitative estimate of drug-likeness (QED) is 0.731. The van der Waals surface area contributed by atoms with Crippen LogP contribution in [0.15, 0.2) is 36.4 Å². The first-order valence-corrected chi connectivity index (χ1v) is 8.36. The number of carbonyl (C=O) groups is 2. The average molecular weight is 400 g/mol. The molecule has 0 aromatic heterocycles. The van der Waals surface area contributed by atoms with Crippen molar-refractivity contribution in [2.75, 3.05) is 11.9 Å². The standard InChI is InChI=1S/C18H16Cl2FNO4/c1-10-3-5-13(20)16(7-10)25-9-17(23)26-11(2)18(24)22-15-6-4-12(19)8-14(15)21/h3-8,11H,9H2,1-2H3,(H,22,24)/t11-/m1/s1. The van der Waals surface area contributed by atoms with E-state index >= 15 is 0 Å². The van der Waals surface area contributed by atoms with E-state index in [0.29, 0.717) is 10.8 Å². The van der Waals surface area contributed by atoms with Gasteiger partial charge in [0.15, 0.2) is 12.7 Å². The van der Waals surface area contributed by atoms with Crippen molar-refractivity contribution in [3.63, 3.8) is 0 Å². The van der Waals surface area contributed by atoms with Crippen LogP contribution in [0.3, 0.4) is 0 Å². The number of halogens is 3. The minimum atomic E-state index is -1.14. The molecule has 1 atom stereocenters. The van der Waals surface area contributed by atoms with E-state index in [1.165, 1.54) is 19.1 Å². The summed E-state index contributed by atoms with van der Waals surface area (Å²) in [5.41, 5.74) is 0.848. The van der Waals surface area contributed by atoms with Crippen molar-refractivity contribution in [3.05, 3.63) is 57.8 Å². The lowest BCUT2D eigenvalue weighted by Gasteiger charge is -2.14. The van der Waals surface area contributed by atoms with E-state index in [4.69, 9.17) is 32.7 Å². The van der Waals surface area contributed by atoms with Crippen LogP contribution in [0.25, 0.3) is 0 Å². The minimum Gasteiger partial charge on any atom is -0.480 e. The molecule has 0 saturated carbocycles. The molecule has 8 heteroatoms. The van der Waals surface area contributed by atoms with E-state index in [0.717, 1.165) is 11.6 Å². The highest BCUT2D eigenvalue weighted by molar-refractivity contribution is 6.32. The zero-order valence-corrected chi connectivity index (χ0v) is 15.5. The van der Waals surface area contributed by atoms with Gasteiger partial charge in [0, 0.05) is 5.02 Å². The molecule has 5 nitrogen and oxygen atoms in total. The summed E-state index contributed by atoms with van der Waals surface area (Å²) in [6, 6.07) is 8.93. The molecule has 2 aromatic carbocycles. The molecule has 1 amide bonds. The summed E-state index contributed by atoms with van der Waals surface area (Å²) in [4.78, 5) is 23.8. The number of benzene rings is 2. The van der Waals surface area contributed by atoms with Crippen LogP contribution in [0, 0.1) is 12.7 Å². The van der Waals surface area contributed by atoms with Crippen molar-refractivity contribution < 1.29 is 23.5 Å². The van der Waals surface area contributed by atoms with Crippen LogP contribution in [0.5, 0.6) is 5.75 Å². The van der Waals surface area contributed by atoms with Crippen LogP contribution in [0.2, 0.25) is 10.0 Å². The maximum atomic E-state index is 13.7. The third-order valence-electron chi connectivity index (χ3n) is 3.30. The van der Waals surface area contributed by atoms with Crippen LogP contribution in [0.4, 0.5) is 10.1 Å². The Morgan fingerprint density at radius 3 is 2.62 bits per heavy atom. The molecule has 1 N–H and O–H groups in total. The van der Waals surface area contributed by atoms with Gasteiger partial charge in [0.05, 0.1) is 10.7 Å². The highest BCUT2D eigenvalue weighted by Gasteiger charge is 2.19. The molecule has 0 unspecified atom stereocenters. The number of carbonyl (C=O) groups excluding carboxylic acids is 2. The molecule has 0 bridgehead atoms. The lowest BCUT2D eigenvalue weighted by atomic mass is 10.2. The molecule has 2 aromatic rings. The Hall–Kier alpha value is -2.31. The average Bonchev–Trinajstić information content (AvgIpc) is 2.58. The summed E-state index contributed by atoms with van der Waals surface area (Å²) < 4.78 is 23.9. The van der Waals surface area contributed by atoms with Crippen LogP contribution >= 0.6 is 23.2 Å². The molecule has 0 radical (unpaired) electrons. The summed E-state index contributed by atoms with van der Waals surface area (Å²) in [6.07, 6.45) is -1.14. The Balaban J connectivity index is 1.87. The normalized spacial score (nSPS) is 11.6. The monoisotopic (exact) mass is 399 g/mol. The maximum absolute atomic E-state index is 13.7. The first-order chi connectivity index (χ1) is 12.3. The third kappa shape index (κ3) is 5.61. The van der Waals surface area contributed by atoms with Crippen LogP contribution in [-0.2, 0) is 14.3 Å². The van der Waals surface area contributed by atoms with Gasteiger partial charge in [0.25, 0.3) is 5.91 Å². The SMILES string of the molecule is Cc1ccc(Cl)c(OCC(=O)O[C@H](C)C(=O)Nc2ccc(Cl)cc2F)c1. The van der Waals surface area contributed by atoms with Gasteiger partial charge in [-0.3, -0.25) is 4.79 Å². The molecule has 0 fully saturated rings. The lowest BCUT2D eigenvalue weighted by Crippen LogP contribution is -2.32. The Morgan fingerprint density at radius 2 is 1.92 bits per heavy atom. The molecule has 2 rings (SSSR count). The highest BCUT2D eigenvalue weighted by atomic mass is 35.5. The van der Waals surface area contributed by atoms with Crippen molar-refractivity contribution in [2.45, 2.75) is 20.0 Å². The zero-order chi connectivity index (χ0) is 19.3. The molecule has 0 spiro atoms. The van der Waals surface area contributed by atoms with Crippen molar-refractivity contribution in [2.24, 2.45) is 0 Å². The first-order valence-electron chi connectivity index (χ1n) is 7.60. The Labute approximate surface area is 160 Å². The number of rotatable bonds is 6. The predicted octanol–water partition coefficient (Wildman–Crippen LogP) is 4.39. The van der Waals surface area contributed by atoms with Crippen LogP contribution in [0.1, 0.15) is 12.5 Å². The largest absolute Gasteiger partial charge is 0.480 e. The Bertz CT molecular complexity index is 829. The van der Waals surface area contributed by atoms with Gasteiger partial charge >= 0.3 is 5.97 Å². The molecular formula is C18H16Cl2FNO4. The van der Waals surface area contributed by atoms with Gasteiger partial charge in [-0.1, -0.05) is 29.3 Å². The zero-order valence-electron chi connectivity index (χ0n) is 14.0. The fraction of sp³-hybridized carbons (Fsp3) is 0.222. The summed E-state index contributed by atoms with van der Waals surface area (Å²) in [5.74, 6) is -1.80. The fourth-order valence-electron chi connectivity index (χ4n) is 1.97. The number of amides is 1. The minimum absolute atomic E-state index is 0.0647. The van der Waals surface area contributed by atoms with Crippen LogP contribution < -0.4 is 10.1 Å². The van der Waals surface area contributed by atoms with Crippen molar-refractivity contribution >= 4 is 40.8 Å². The summed E-state index contributed by atoms with van der Waals surface area (Å²) in [5, 5.41) is 2.88. The van der Waals surface area contributed by atoms with E-state index in [9.17, 15) is 14.0 Å². The second kappa shape index (κ2) is 8.87. The molecule has 138 valence electrons. The summed E-state index contributed by atoms with van der Waals surface area (Å²) in [6.45, 7) is 2.79. The lowest BCUT2D eigenvalue weighted by molar-refractivity contribution is -0.155. The van der Waals surface area contributed by atoms with E-state index in [2.05, 4.69) is 5.32 Å². The molecule has 0 aliphatic heterocycles. The van der Waals surface area contributed by atoms with Crippen molar-refractivity contribution in [1.82, 2.24) is 0 Å². The number of nitrogens with one attached hydrogen (secondary N) is 1. The maximum Gasteiger partial charge on any atom is 0.344 e. The molecule has 0 aliphatic rings. The Morgan fingerprint density at radius 1 is 1.19 bits per heavy atom. The van der Waals surface area contributed by atoms with Gasteiger partial charge in [-0.25, -0.2) is 9.18 Å². The third-order valence-corrected chi connectivity index (χ3v) is 3.85. The first kappa shape index (κ1) is 20.0. The highest BCUT2D eigenvalue weighted by Crippen LogP contribution is 2.25. The summed E-state index contributed by atoms with van der Waals surface area (Å²) >= 11 is 11.6. The molecule has 26 heavy (non-hydrogen) atoms. The van der Waals surface area contributed by atoms with Gasteiger partial charge < -0.3 is 14.8 Å². The number of aryl methyl sites for hydroxylation is 1. The molecular weight excluding hydrogens is 384 g/mol. The van der Waals surface area contributed by atoms with Gasteiger partial charge in [0.1, 0.15) is 11.6 Å². The predicted molar refractivity (Wildman–Crippen MR) is 97.3 cm³/mol. The smallest absolute Gasteiger partial charge is 0.344 e. The van der Waals surface area contributed by atoms with Gasteiger partial charge in [0.2, 0.25) is 0 Å². The fourth-order valence-corrected chi connectivity index (χ4v) is 2.30. The van der Waals surface area contributed by atoms with Crippen molar-refractivity contribution in [3.8, 4) is 5.75 Å². The summed E-state index contributed by atoms with van der Waals surface area (Å²) in [7, 11) is 0. The number of esters is 1. The van der Waals surface area contributed by atoms with E-state index < -0.39 is 30.4 Å². The topological polar surface area (TPSA) is 64.6 Å². The van der Waals surface area contributed by atoms with Gasteiger partial charge in [-0.05, 0) is 49.7 Å². The Kier molecular flexibility index (Phi) is 6.83. The number of hydrogen-bond donors (Lipinski definition) is 1. The number of hydrogen-bond acceptors (Lipinski definition) is 4. The number of ether oxygens (including phenoxy) is 2. The van der Waals surface area contributed by atoms with Gasteiger partial charge in [-0.2, -0.15) is 0 Å². The van der Waals surface area contributed by atoms with Gasteiger partial charge in [-0.15, -0.1) is 0 Å². The second-order valence-corrected chi connectivity index (χ2v) is 6.31. The van der Waals surface area contributed by atoms with E-state index in [-0.39, 0.29) is 10.7 Å². The van der Waals surface area contributed by atoms with Crippen LogP contribution in [-0.4, -0.2) is 24.6 Å². The van der Waals surface area contributed by atoms with E-state index in [1.54, 1.807) is 18.2 Å². The molecule has 0 aliphatic carbocycles. The second-order valence-electron chi connectivity index (χ2n) is 5.47. The van der Waals surface area contributed by atoms with Crippen molar-refractivity contribution in [1.29, 1.82) is 0 Å². The number of anilines is 1. The molecule has 0 heterocycles.